The van der Waals surface area contributed by atoms with Crippen molar-refractivity contribution in [1.29, 1.82) is 0 Å². The SMILES string of the molecule is CC(C)CNCc1cn(CCN(C)C(C)C)nn1. The van der Waals surface area contributed by atoms with Gasteiger partial charge in [0, 0.05) is 25.3 Å². The average molecular weight is 253 g/mol. The highest BCUT2D eigenvalue weighted by Gasteiger charge is 2.05. The summed E-state index contributed by atoms with van der Waals surface area (Å²) in [5, 5.41) is 11.7. The van der Waals surface area contributed by atoms with E-state index in [-0.39, 0.29) is 0 Å². The number of nitrogens with one attached hydrogen (secondary N) is 1. The summed E-state index contributed by atoms with van der Waals surface area (Å²) >= 11 is 0. The van der Waals surface area contributed by atoms with Crippen LogP contribution in [0, 0.1) is 5.92 Å². The molecule has 1 rings (SSSR count). The van der Waals surface area contributed by atoms with Crippen LogP contribution < -0.4 is 5.32 Å². The molecule has 0 fully saturated rings. The van der Waals surface area contributed by atoms with Gasteiger partial charge in [0.05, 0.1) is 12.2 Å². The van der Waals surface area contributed by atoms with Gasteiger partial charge in [-0.1, -0.05) is 19.1 Å². The van der Waals surface area contributed by atoms with Crippen molar-refractivity contribution in [2.75, 3.05) is 20.1 Å². The average Bonchev–Trinajstić information content (AvgIpc) is 2.73. The van der Waals surface area contributed by atoms with E-state index in [1.54, 1.807) is 0 Å². The van der Waals surface area contributed by atoms with Crippen LogP contribution in [-0.2, 0) is 13.1 Å². The van der Waals surface area contributed by atoms with Crippen molar-refractivity contribution in [2.45, 2.75) is 46.8 Å². The highest BCUT2D eigenvalue weighted by atomic mass is 15.4. The first kappa shape index (κ1) is 15.1. The number of rotatable bonds is 8. The summed E-state index contributed by atoms with van der Waals surface area (Å²) in [6, 6.07) is 0.570. The van der Waals surface area contributed by atoms with Gasteiger partial charge in [0.15, 0.2) is 0 Å². The topological polar surface area (TPSA) is 46.0 Å². The van der Waals surface area contributed by atoms with Gasteiger partial charge in [-0.15, -0.1) is 5.10 Å². The van der Waals surface area contributed by atoms with Crippen LogP contribution in [0.5, 0.6) is 0 Å². The molecule has 0 saturated carbocycles. The second-order valence-corrected chi connectivity index (χ2v) is 5.57. The molecule has 0 bridgehead atoms. The molecule has 0 radical (unpaired) electrons. The third kappa shape index (κ3) is 5.60. The van der Waals surface area contributed by atoms with E-state index in [1.807, 2.05) is 10.9 Å². The van der Waals surface area contributed by atoms with Gasteiger partial charge in [0.25, 0.3) is 0 Å². The van der Waals surface area contributed by atoms with E-state index in [0.717, 1.165) is 31.9 Å². The van der Waals surface area contributed by atoms with Gasteiger partial charge in [0.1, 0.15) is 0 Å². The van der Waals surface area contributed by atoms with Crippen LogP contribution >= 0.6 is 0 Å². The monoisotopic (exact) mass is 253 g/mol. The van der Waals surface area contributed by atoms with Crippen molar-refractivity contribution in [1.82, 2.24) is 25.2 Å². The Bertz CT molecular complexity index is 332. The summed E-state index contributed by atoms with van der Waals surface area (Å²) in [6.45, 7) is 12.5. The molecule has 0 atom stereocenters. The molecule has 0 spiro atoms. The molecule has 1 aromatic rings. The van der Waals surface area contributed by atoms with Crippen LogP contribution in [0.4, 0.5) is 0 Å². The molecule has 0 aliphatic carbocycles. The number of hydrogen-bond acceptors (Lipinski definition) is 4. The van der Waals surface area contributed by atoms with Gasteiger partial charge in [-0.2, -0.15) is 0 Å². The molecule has 5 heteroatoms. The molecule has 0 amide bonds. The smallest absolute Gasteiger partial charge is 0.0964 e. The highest BCUT2D eigenvalue weighted by molar-refractivity contribution is 4.91. The van der Waals surface area contributed by atoms with E-state index in [1.165, 1.54) is 0 Å². The van der Waals surface area contributed by atoms with Crippen LogP contribution in [0.25, 0.3) is 0 Å². The van der Waals surface area contributed by atoms with Crippen LogP contribution in [0.3, 0.4) is 0 Å². The van der Waals surface area contributed by atoms with E-state index in [4.69, 9.17) is 0 Å². The molecule has 104 valence electrons. The van der Waals surface area contributed by atoms with Gasteiger partial charge in [-0.25, -0.2) is 0 Å². The molecule has 0 aromatic carbocycles. The summed E-state index contributed by atoms with van der Waals surface area (Å²) in [7, 11) is 2.13. The lowest BCUT2D eigenvalue weighted by Gasteiger charge is -2.20. The first-order chi connectivity index (χ1) is 8.49. The van der Waals surface area contributed by atoms with Crippen molar-refractivity contribution >= 4 is 0 Å². The molecule has 5 nitrogen and oxygen atoms in total. The van der Waals surface area contributed by atoms with Gasteiger partial charge >= 0.3 is 0 Å². The summed E-state index contributed by atoms with van der Waals surface area (Å²) in [6.07, 6.45) is 2.03. The Morgan fingerprint density at radius 2 is 2.06 bits per heavy atom. The van der Waals surface area contributed by atoms with Gasteiger partial charge < -0.3 is 10.2 Å². The summed E-state index contributed by atoms with van der Waals surface area (Å²) < 4.78 is 1.92. The summed E-state index contributed by atoms with van der Waals surface area (Å²) in [4.78, 5) is 2.30. The van der Waals surface area contributed by atoms with Gasteiger partial charge in [0.2, 0.25) is 0 Å². The van der Waals surface area contributed by atoms with E-state index in [2.05, 4.69) is 55.3 Å². The van der Waals surface area contributed by atoms with Crippen LogP contribution in [0.2, 0.25) is 0 Å². The van der Waals surface area contributed by atoms with Crippen molar-refractivity contribution < 1.29 is 0 Å². The fraction of sp³-hybridized carbons (Fsp3) is 0.846. The Hall–Kier alpha value is -0.940. The van der Waals surface area contributed by atoms with Crippen molar-refractivity contribution in [3.8, 4) is 0 Å². The molecule has 0 saturated heterocycles. The minimum atomic E-state index is 0.570. The molecule has 0 aliphatic heterocycles. The predicted molar refractivity (Wildman–Crippen MR) is 74.3 cm³/mol. The normalized spacial score (nSPS) is 12.0. The number of hydrogen-bond donors (Lipinski definition) is 1. The van der Waals surface area contributed by atoms with Gasteiger partial charge in [-0.3, -0.25) is 4.68 Å². The van der Waals surface area contributed by atoms with Crippen molar-refractivity contribution in [3.05, 3.63) is 11.9 Å². The second kappa shape index (κ2) is 7.48. The maximum Gasteiger partial charge on any atom is 0.0964 e. The third-order valence-corrected chi connectivity index (χ3v) is 3.01. The summed E-state index contributed by atoms with van der Waals surface area (Å²) in [5.41, 5.74) is 1.02. The molecule has 0 aliphatic rings. The highest BCUT2D eigenvalue weighted by Crippen LogP contribution is 1.97. The Labute approximate surface area is 111 Å². The summed E-state index contributed by atoms with van der Waals surface area (Å²) in [5.74, 6) is 0.666. The maximum atomic E-state index is 4.17. The minimum Gasteiger partial charge on any atom is -0.311 e. The first-order valence-corrected chi connectivity index (χ1v) is 6.79. The minimum absolute atomic E-state index is 0.570. The maximum absolute atomic E-state index is 4.17. The predicted octanol–water partition coefficient (Wildman–Crippen LogP) is 1.36. The Balaban J connectivity index is 2.30. The standard InChI is InChI=1S/C13H27N5/c1-11(2)8-14-9-13-10-18(16-15-13)7-6-17(5)12(3)4/h10-12,14H,6-9H2,1-5H3. The lowest BCUT2D eigenvalue weighted by Crippen LogP contribution is -2.29. The van der Waals surface area contributed by atoms with E-state index >= 15 is 0 Å². The molecule has 18 heavy (non-hydrogen) atoms. The Morgan fingerprint density at radius 1 is 1.33 bits per heavy atom. The fourth-order valence-electron chi connectivity index (χ4n) is 1.54. The Kier molecular flexibility index (Phi) is 6.29. The lowest BCUT2D eigenvalue weighted by atomic mass is 10.2. The molecule has 1 heterocycles. The number of nitrogens with zero attached hydrogens (tertiary/aromatic N) is 4. The third-order valence-electron chi connectivity index (χ3n) is 3.01. The van der Waals surface area contributed by atoms with E-state index in [0.29, 0.717) is 12.0 Å². The van der Waals surface area contributed by atoms with E-state index in [9.17, 15) is 0 Å². The zero-order chi connectivity index (χ0) is 13.5. The zero-order valence-electron chi connectivity index (χ0n) is 12.3. The molecule has 0 unspecified atom stereocenters. The molecule has 1 N–H and O–H groups in total. The van der Waals surface area contributed by atoms with Crippen LogP contribution in [0.15, 0.2) is 6.20 Å². The van der Waals surface area contributed by atoms with Crippen molar-refractivity contribution in [2.24, 2.45) is 5.92 Å². The first-order valence-electron chi connectivity index (χ1n) is 6.79. The zero-order valence-corrected chi connectivity index (χ0v) is 12.3. The van der Waals surface area contributed by atoms with Crippen LogP contribution in [0.1, 0.15) is 33.4 Å². The largest absolute Gasteiger partial charge is 0.311 e. The Morgan fingerprint density at radius 3 is 2.67 bits per heavy atom. The second-order valence-electron chi connectivity index (χ2n) is 5.57. The molecular weight excluding hydrogens is 226 g/mol. The quantitative estimate of drug-likeness (QED) is 0.760. The van der Waals surface area contributed by atoms with Crippen molar-refractivity contribution in [3.63, 3.8) is 0 Å². The number of likely N-dealkylation sites (N-methyl/N-ethyl adjacent to an activating group) is 1. The fourth-order valence-corrected chi connectivity index (χ4v) is 1.54. The molecular formula is C13H27N5. The lowest BCUT2D eigenvalue weighted by molar-refractivity contribution is 0.258. The van der Waals surface area contributed by atoms with Crippen LogP contribution in [-0.4, -0.2) is 46.1 Å². The molecule has 1 aromatic heterocycles. The van der Waals surface area contributed by atoms with E-state index < -0.39 is 0 Å². The van der Waals surface area contributed by atoms with Gasteiger partial charge in [-0.05, 0) is 33.4 Å². The number of aromatic nitrogens is 3.